The largest absolute Gasteiger partial charge is 0.378 e. The summed E-state index contributed by atoms with van der Waals surface area (Å²) in [6, 6.07) is 20.0. The second-order valence-electron chi connectivity index (χ2n) is 10.3. The van der Waals surface area contributed by atoms with Crippen LogP contribution in [0.25, 0.3) is 10.4 Å². The topological polar surface area (TPSA) is 71.5 Å². The zero-order valence-electron chi connectivity index (χ0n) is 22.3. The van der Waals surface area contributed by atoms with E-state index in [1.165, 1.54) is 17.4 Å². The van der Waals surface area contributed by atoms with Crippen LogP contribution < -0.4 is 10.2 Å². The van der Waals surface area contributed by atoms with Gasteiger partial charge in [0.15, 0.2) is 0 Å². The molecule has 0 radical (unpaired) electrons. The minimum atomic E-state index is -0.462. The van der Waals surface area contributed by atoms with E-state index in [-0.39, 0.29) is 23.6 Å². The lowest BCUT2D eigenvalue weighted by Crippen LogP contribution is -2.33. The Morgan fingerprint density at radius 1 is 1.12 bits per heavy atom. The van der Waals surface area contributed by atoms with Crippen LogP contribution in [0, 0.1) is 12.7 Å². The lowest BCUT2D eigenvalue weighted by Gasteiger charge is -2.23. The fourth-order valence-corrected chi connectivity index (χ4v) is 6.58. The van der Waals surface area contributed by atoms with Gasteiger partial charge in [-0.1, -0.05) is 36.4 Å². The van der Waals surface area contributed by atoms with Gasteiger partial charge in [0.05, 0.1) is 22.4 Å². The maximum atomic E-state index is 14.3. The van der Waals surface area contributed by atoms with Gasteiger partial charge in [0.1, 0.15) is 11.5 Å². The molecule has 2 amide bonds. The predicted molar refractivity (Wildman–Crippen MR) is 156 cm³/mol. The Morgan fingerprint density at radius 3 is 2.80 bits per heavy atom. The van der Waals surface area contributed by atoms with Crippen molar-refractivity contribution in [2.24, 2.45) is 0 Å². The molecule has 1 saturated heterocycles. The number of carbonyl (C=O) groups excluding carboxylic acids is 2. The zero-order valence-corrected chi connectivity index (χ0v) is 23.1. The number of hydrogen-bond donors (Lipinski definition) is 1. The average molecular weight is 556 g/mol. The van der Waals surface area contributed by atoms with Gasteiger partial charge in [-0.05, 0) is 80.5 Å². The predicted octanol–water partition coefficient (Wildman–Crippen LogP) is 6.82. The Hall–Kier alpha value is -3.88. The molecule has 6 nitrogen and oxygen atoms in total. The van der Waals surface area contributed by atoms with Crippen molar-refractivity contribution in [3.8, 4) is 10.4 Å². The van der Waals surface area contributed by atoms with E-state index in [1.807, 2.05) is 42.5 Å². The summed E-state index contributed by atoms with van der Waals surface area (Å²) in [7, 11) is 0. The van der Waals surface area contributed by atoms with Gasteiger partial charge in [-0.3, -0.25) is 9.59 Å². The number of thiophene rings is 1. The van der Waals surface area contributed by atoms with Crippen molar-refractivity contribution >= 4 is 34.5 Å². The number of aryl methyl sites for hydroxylation is 2. The van der Waals surface area contributed by atoms with Crippen molar-refractivity contribution in [1.29, 1.82) is 0 Å². The number of aromatic nitrogens is 1. The highest BCUT2D eigenvalue weighted by molar-refractivity contribution is 7.17. The number of amides is 2. The molecule has 0 aliphatic carbocycles. The van der Waals surface area contributed by atoms with Crippen molar-refractivity contribution < 1.29 is 18.7 Å². The molecule has 8 heteroatoms. The fourth-order valence-electron chi connectivity index (χ4n) is 5.44. The molecule has 0 saturated carbocycles. The van der Waals surface area contributed by atoms with Crippen LogP contribution in [0.3, 0.4) is 0 Å². The molecule has 2 aromatic carbocycles. The third-order valence-corrected chi connectivity index (χ3v) is 8.76. The first-order valence-corrected chi connectivity index (χ1v) is 14.5. The van der Waals surface area contributed by atoms with Crippen molar-refractivity contribution in [2.45, 2.75) is 45.1 Å². The van der Waals surface area contributed by atoms with Crippen molar-refractivity contribution in [1.82, 2.24) is 4.98 Å². The second kappa shape index (κ2) is 11.3. The van der Waals surface area contributed by atoms with Gasteiger partial charge in [0.25, 0.3) is 11.8 Å². The molecule has 6 rings (SSSR count). The normalized spacial score (nSPS) is 16.2. The molecule has 1 atom stereocenters. The van der Waals surface area contributed by atoms with E-state index >= 15 is 0 Å². The van der Waals surface area contributed by atoms with E-state index in [0.29, 0.717) is 29.1 Å². The first kappa shape index (κ1) is 26.3. The van der Waals surface area contributed by atoms with Crippen LogP contribution in [0.4, 0.5) is 15.8 Å². The SMILES string of the molecule is Cc1cccc(F)c1NC(=O)c1cc2c(s1)-c1ccccc1N(C(=O)c1cccc(CC[C@@H]3CCCO3)n1)CC2. The van der Waals surface area contributed by atoms with E-state index in [0.717, 1.165) is 59.7 Å². The third-order valence-electron chi connectivity index (χ3n) is 7.55. The molecule has 0 bridgehead atoms. The Morgan fingerprint density at radius 2 is 1.98 bits per heavy atom. The van der Waals surface area contributed by atoms with E-state index in [4.69, 9.17) is 9.72 Å². The number of hydrogen-bond acceptors (Lipinski definition) is 5. The van der Waals surface area contributed by atoms with Crippen LogP contribution in [0.1, 0.15) is 56.2 Å². The Kier molecular flexibility index (Phi) is 7.45. The Labute approximate surface area is 236 Å². The summed E-state index contributed by atoms with van der Waals surface area (Å²) in [6.07, 6.45) is 4.73. The smallest absolute Gasteiger partial charge is 0.276 e. The molecular weight excluding hydrogens is 525 g/mol. The fraction of sp³-hybridized carbons (Fsp3) is 0.281. The van der Waals surface area contributed by atoms with Gasteiger partial charge < -0.3 is 15.0 Å². The number of ether oxygens (including phenoxy) is 1. The van der Waals surface area contributed by atoms with E-state index in [9.17, 15) is 14.0 Å². The molecule has 40 heavy (non-hydrogen) atoms. The molecule has 1 fully saturated rings. The van der Waals surface area contributed by atoms with Crippen LogP contribution in [-0.2, 0) is 17.6 Å². The van der Waals surface area contributed by atoms with Gasteiger partial charge in [0.2, 0.25) is 0 Å². The lowest BCUT2D eigenvalue weighted by molar-refractivity contribution is 0.0980. The summed E-state index contributed by atoms with van der Waals surface area (Å²) >= 11 is 1.36. The van der Waals surface area contributed by atoms with Crippen LogP contribution in [0.5, 0.6) is 0 Å². The maximum Gasteiger partial charge on any atom is 0.276 e. The Bertz CT molecular complexity index is 1560. The summed E-state index contributed by atoms with van der Waals surface area (Å²) in [4.78, 5) is 34.8. The number of para-hydroxylation sites is 2. The highest BCUT2D eigenvalue weighted by Crippen LogP contribution is 2.42. The van der Waals surface area contributed by atoms with E-state index < -0.39 is 5.82 Å². The number of halogens is 1. The van der Waals surface area contributed by atoms with Crippen molar-refractivity contribution in [3.63, 3.8) is 0 Å². The molecule has 2 aliphatic rings. The summed E-state index contributed by atoms with van der Waals surface area (Å²) in [5.41, 5.74) is 4.84. The van der Waals surface area contributed by atoms with E-state index in [2.05, 4.69) is 5.32 Å². The molecule has 2 aromatic heterocycles. The van der Waals surface area contributed by atoms with E-state index in [1.54, 1.807) is 30.0 Å². The standard InChI is InChI=1S/C32H30FN3O3S/c1-20-7-4-11-25(33)29(20)35-31(37)28-19-21-16-17-36(27-13-3-2-10-24(27)30(21)40-28)32(38)26-12-5-8-22(34-26)14-15-23-9-6-18-39-23/h2-5,7-8,10-13,19,23H,6,9,14-18H2,1H3,(H,35,37)/t23-/m0/s1. The molecular formula is C32H30FN3O3S. The van der Waals surface area contributed by atoms with Crippen LogP contribution in [-0.4, -0.2) is 36.1 Å². The van der Waals surface area contributed by atoms with Gasteiger partial charge in [0, 0.05) is 29.3 Å². The van der Waals surface area contributed by atoms with Gasteiger partial charge >= 0.3 is 0 Å². The van der Waals surface area contributed by atoms with Crippen molar-refractivity contribution in [3.05, 3.63) is 99.9 Å². The summed E-state index contributed by atoms with van der Waals surface area (Å²) < 4.78 is 20.1. The monoisotopic (exact) mass is 555 g/mol. The molecule has 0 spiro atoms. The second-order valence-corrected chi connectivity index (χ2v) is 11.3. The first-order chi connectivity index (χ1) is 19.5. The molecule has 4 aromatic rings. The average Bonchev–Trinajstić information content (AvgIpc) is 3.62. The van der Waals surface area contributed by atoms with Crippen molar-refractivity contribution in [2.75, 3.05) is 23.4 Å². The number of anilines is 2. The number of nitrogens with one attached hydrogen (secondary N) is 1. The number of benzene rings is 2. The maximum absolute atomic E-state index is 14.3. The molecule has 204 valence electrons. The number of pyridine rings is 1. The lowest BCUT2D eigenvalue weighted by atomic mass is 10.1. The zero-order chi connectivity index (χ0) is 27.6. The van der Waals surface area contributed by atoms with Gasteiger partial charge in [-0.15, -0.1) is 11.3 Å². The van der Waals surface area contributed by atoms with Gasteiger partial charge in [-0.25, -0.2) is 9.37 Å². The molecule has 0 unspecified atom stereocenters. The highest BCUT2D eigenvalue weighted by Gasteiger charge is 2.28. The minimum absolute atomic E-state index is 0.144. The van der Waals surface area contributed by atoms with Crippen LogP contribution in [0.2, 0.25) is 0 Å². The van der Waals surface area contributed by atoms with Crippen LogP contribution in [0.15, 0.2) is 66.7 Å². The number of rotatable bonds is 6. The Balaban J connectivity index is 1.25. The summed E-state index contributed by atoms with van der Waals surface area (Å²) in [6.45, 7) is 3.04. The first-order valence-electron chi connectivity index (χ1n) is 13.7. The highest BCUT2D eigenvalue weighted by atomic mass is 32.1. The quantitative estimate of drug-likeness (QED) is 0.283. The molecule has 2 aliphatic heterocycles. The number of carbonyl (C=O) groups is 2. The number of fused-ring (bicyclic) bond motifs is 3. The molecule has 1 N–H and O–H groups in total. The summed E-state index contributed by atoms with van der Waals surface area (Å²) in [5, 5.41) is 2.74. The summed E-state index contributed by atoms with van der Waals surface area (Å²) in [5.74, 6) is -0.953. The minimum Gasteiger partial charge on any atom is -0.378 e. The molecule has 4 heterocycles. The third kappa shape index (κ3) is 5.29. The van der Waals surface area contributed by atoms with Crippen LogP contribution >= 0.6 is 11.3 Å². The number of nitrogens with zero attached hydrogens (tertiary/aromatic N) is 2. The van der Waals surface area contributed by atoms with Gasteiger partial charge in [-0.2, -0.15) is 0 Å².